The van der Waals surface area contributed by atoms with E-state index < -0.39 is 5.91 Å². The summed E-state index contributed by atoms with van der Waals surface area (Å²) in [5, 5.41) is 3.05. The Morgan fingerprint density at radius 2 is 1.95 bits per heavy atom. The third-order valence-electron chi connectivity index (χ3n) is 2.36. The van der Waals surface area contributed by atoms with E-state index >= 15 is 0 Å². The Balaban J connectivity index is 2.37. The average molecular weight is 386 g/mol. The zero-order valence-electron chi connectivity index (χ0n) is 9.65. The molecule has 0 saturated carbocycles. The monoisotopic (exact) mass is 384 g/mol. The minimum absolute atomic E-state index is 0.157. The van der Waals surface area contributed by atoms with Gasteiger partial charge < -0.3 is 16.8 Å². The van der Waals surface area contributed by atoms with Gasteiger partial charge in [0.1, 0.15) is 5.69 Å². The lowest BCUT2D eigenvalue weighted by molar-refractivity contribution is 0.0996. The highest BCUT2D eigenvalue weighted by molar-refractivity contribution is 9.11. The van der Waals surface area contributed by atoms with E-state index in [0.29, 0.717) is 11.5 Å². The van der Waals surface area contributed by atoms with Gasteiger partial charge in [0.2, 0.25) is 0 Å². The summed E-state index contributed by atoms with van der Waals surface area (Å²) in [6, 6.07) is 8.69. The van der Waals surface area contributed by atoms with Gasteiger partial charge in [-0.25, -0.2) is 4.98 Å². The number of primary amides is 1. The molecule has 19 heavy (non-hydrogen) atoms. The largest absolute Gasteiger partial charge is 0.396 e. The van der Waals surface area contributed by atoms with Crippen molar-refractivity contribution in [3.05, 3.63) is 45.0 Å². The number of carbonyl (C=O) groups excluding carboxylic acids is 1. The Morgan fingerprint density at radius 3 is 2.58 bits per heavy atom. The SMILES string of the molecule is NC(=O)c1ccc(N)c(Nc2ccc(Br)cc2Br)n1. The van der Waals surface area contributed by atoms with Crippen LogP contribution in [-0.4, -0.2) is 10.9 Å². The van der Waals surface area contributed by atoms with Gasteiger partial charge in [-0.1, -0.05) is 15.9 Å². The Hall–Kier alpha value is -1.60. The standard InChI is InChI=1S/C12H10Br2N4O/c13-6-1-3-9(7(14)5-6)17-12-8(15)2-4-10(18-12)11(16)19/h1-5H,15H2,(H2,16,19)(H,17,18). The van der Waals surface area contributed by atoms with E-state index in [9.17, 15) is 4.79 Å². The molecule has 0 fully saturated rings. The zero-order valence-corrected chi connectivity index (χ0v) is 12.8. The van der Waals surface area contributed by atoms with Crippen molar-refractivity contribution in [3.63, 3.8) is 0 Å². The molecule has 7 heteroatoms. The van der Waals surface area contributed by atoms with Crippen molar-refractivity contribution in [2.75, 3.05) is 11.1 Å². The second-order valence-corrected chi connectivity index (χ2v) is 5.52. The lowest BCUT2D eigenvalue weighted by Crippen LogP contribution is -2.14. The maximum atomic E-state index is 11.1. The van der Waals surface area contributed by atoms with Crippen LogP contribution in [-0.2, 0) is 0 Å². The van der Waals surface area contributed by atoms with E-state index in [2.05, 4.69) is 42.2 Å². The highest BCUT2D eigenvalue weighted by Crippen LogP contribution is 2.30. The number of nitrogens with zero attached hydrogens (tertiary/aromatic N) is 1. The third kappa shape index (κ3) is 3.24. The fourth-order valence-corrected chi connectivity index (χ4v) is 2.57. The minimum atomic E-state index is -0.599. The number of hydrogen-bond donors (Lipinski definition) is 3. The number of halogens is 2. The number of amides is 1. The lowest BCUT2D eigenvalue weighted by Gasteiger charge is -2.11. The molecule has 0 aliphatic carbocycles. The van der Waals surface area contributed by atoms with Crippen molar-refractivity contribution in [1.29, 1.82) is 0 Å². The van der Waals surface area contributed by atoms with Crippen molar-refractivity contribution >= 4 is 55.0 Å². The molecular weight excluding hydrogens is 376 g/mol. The molecule has 0 bridgehead atoms. The van der Waals surface area contributed by atoms with E-state index in [4.69, 9.17) is 11.5 Å². The van der Waals surface area contributed by atoms with E-state index in [1.807, 2.05) is 18.2 Å². The molecule has 0 unspecified atom stereocenters. The number of benzene rings is 1. The fourth-order valence-electron chi connectivity index (χ4n) is 1.43. The number of hydrogen-bond acceptors (Lipinski definition) is 4. The molecule has 0 aliphatic heterocycles. The second kappa shape index (κ2) is 5.58. The highest BCUT2D eigenvalue weighted by Gasteiger charge is 2.09. The first kappa shape index (κ1) is 13.8. The minimum Gasteiger partial charge on any atom is -0.396 e. The number of aromatic nitrogens is 1. The first-order chi connectivity index (χ1) is 8.97. The summed E-state index contributed by atoms with van der Waals surface area (Å²) in [4.78, 5) is 15.2. The molecule has 0 spiro atoms. The summed E-state index contributed by atoms with van der Waals surface area (Å²) in [6.45, 7) is 0. The molecule has 2 rings (SSSR count). The van der Waals surface area contributed by atoms with Crippen LogP contribution >= 0.6 is 31.9 Å². The summed E-state index contributed by atoms with van der Waals surface area (Å²) in [5.74, 6) is -0.211. The summed E-state index contributed by atoms with van der Waals surface area (Å²) >= 11 is 6.79. The molecule has 0 aliphatic rings. The zero-order chi connectivity index (χ0) is 14.0. The van der Waals surface area contributed by atoms with Gasteiger partial charge in [-0.05, 0) is 46.3 Å². The van der Waals surface area contributed by atoms with Gasteiger partial charge in [0.25, 0.3) is 5.91 Å². The first-order valence-corrected chi connectivity index (χ1v) is 6.84. The molecule has 1 amide bonds. The van der Waals surface area contributed by atoms with Gasteiger partial charge in [-0.15, -0.1) is 0 Å². The molecule has 2 aromatic rings. The Morgan fingerprint density at radius 1 is 1.21 bits per heavy atom. The molecule has 5 nitrogen and oxygen atoms in total. The summed E-state index contributed by atoms with van der Waals surface area (Å²) < 4.78 is 1.78. The number of pyridine rings is 1. The predicted molar refractivity (Wildman–Crippen MR) is 82.3 cm³/mol. The number of nitrogen functional groups attached to an aromatic ring is 1. The van der Waals surface area contributed by atoms with Crippen molar-refractivity contribution in [3.8, 4) is 0 Å². The Bertz CT molecular complexity index is 646. The van der Waals surface area contributed by atoms with Crippen LogP contribution in [0, 0.1) is 0 Å². The van der Waals surface area contributed by atoms with E-state index in [-0.39, 0.29) is 5.69 Å². The molecular formula is C12H10Br2N4O. The van der Waals surface area contributed by atoms with Crippen LogP contribution in [0.3, 0.4) is 0 Å². The average Bonchev–Trinajstić information content (AvgIpc) is 2.34. The quantitative estimate of drug-likeness (QED) is 0.756. The maximum absolute atomic E-state index is 11.1. The highest BCUT2D eigenvalue weighted by atomic mass is 79.9. The van der Waals surface area contributed by atoms with Crippen molar-refractivity contribution in [2.24, 2.45) is 5.73 Å². The normalized spacial score (nSPS) is 10.2. The predicted octanol–water partition coefficient (Wildman–Crippen LogP) is 3.03. The van der Waals surface area contributed by atoms with Crippen LogP contribution in [0.4, 0.5) is 17.2 Å². The molecule has 0 atom stereocenters. The van der Waals surface area contributed by atoms with Crippen molar-refractivity contribution in [1.82, 2.24) is 4.98 Å². The van der Waals surface area contributed by atoms with Gasteiger partial charge in [-0.3, -0.25) is 4.79 Å². The van der Waals surface area contributed by atoms with Gasteiger partial charge in [0.15, 0.2) is 5.82 Å². The van der Waals surface area contributed by atoms with Gasteiger partial charge in [-0.2, -0.15) is 0 Å². The summed E-state index contributed by atoms with van der Waals surface area (Å²) in [6.07, 6.45) is 0. The fraction of sp³-hybridized carbons (Fsp3) is 0. The molecule has 0 saturated heterocycles. The van der Waals surface area contributed by atoms with E-state index in [0.717, 1.165) is 14.6 Å². The molecule has 1 aromatic heterocycles. The number of rotatable bonds is 3. The topological polar surface area (TPSA) is 94.0 Å². The van der Waals surface area contributed by atoms with Crippen LogP contribution in [0.15, 0.2) is 39.3 Å². The molecule has 0 radical (unpaired) electrons. The van der Waals surface area contributed by atoms with Gasteiger partial charge >= 0.3 is 0 Å². The van der Waals surface area contributed by atoms with Crippen LogP contribution < -0.4 is 16.8 Å². The smallest absolute Gasteiger partial charge is 0.267 e. The van der Waals surface area contributed by atoms with Crippen LogP contribution in [0.2, 0.25) is 0 Å². The molecule has 1 heterocycles. The second-order valence-electron chi connectivity index (χ2n) is 3.75. The number of anilines is 3. The summed E-state index contributed by atoms with van der Waals surface area (Å²) in [5.41, 5.74) is 12.4. The molecule has 5 N–H and O–H groups in total. The number of carbonyl (C=O) groups is 1. The Kier molecular flexibility index (Phi) is 4.06. The number of nitrogens with two attached hydrogens (primary N) is 2. The van der Waals surface area contributed by atoms with Crippen molar-refractivity contribution < 1.29 is 4.79 Å². The van der Waals surface area contributed by atoms with E-state index in [1.54, 1.807) is 6.07 Å². The maximum Gasteiger partial charge on any atom is 0.267 e. The van der Waals surface area contributed by atoms with E-state index in [1.165, 1.54) is 6.07 Å². The van der Waals surface area contributed by atoms with Crippen LogP contribution in [0.1, 0.15) is 10.5 Å². The van der Waals surface area contributed by atoms with Crippen LogP contribution in [0.5, 0.6) is 0 Å². The summed E-state index contributed by atoms with van der Waals surface area (Å²) in [7, 11) is 0. The van der Waals surface area contributed by atoms with Gasteiger partial charge in [0, 0.05) is 8.95 Å². The number of nitrogens with one attached hydrogen (secondary N) is 1. The van der Waals surface area contributed by atoms with Crippen LogP contribution in [0.25, 0.3) is 0 Å². The van der Waals surface area contributed by atoms with Gasteiger partial charge in [0.05, 0.1) is 11.4 Å². The first-order valence-electron chi connectivity index (χ1n) is 5.26. The lowest BCUT2D eigenvalue weighted by atomic mass is 10.3. The molecule has 1 aromatic carbocycles. The Labute approximate surface area is 126 Å². The van der Waals surface area contributed by atoms with Crippen molar-refractivity contribution in [2.45, 2.75) is 0 Å². The third-order valence-corrected chi connectivity index (χ3v) is 3.51. The molecule has 98 valence electrons.